The Morgan fingerprint density at radius 2 is 1.00 bits per heavy atom. The largest absolute Gasteiger partial charge is 0 e. The van der Waals surface area contributed by atoms with Gasteiger partial charge in [-0.1, -0.05) is 7.43 Å². The molecule has 0 rings (SSSR count). The molecule has 0 aromatic heterocycles. The van der Waals surface area contributed by atoms with E-state index in [1.54, 1.807) is 0 Å². The summed E-state index contributed by atoms with van der Waals surface area (Å²) in [6.45, 7) is 0. The molecule has 0 heterocycles. The summed E-state index contributed by atoms with van der Waals surface area (Å²) in [4.78, 5) is 0. The van der Waals surface area contributed by atoms with Crippen LogP contribution in [0.1, 0.15) is 7.43 Å². The van der Waals surface area contributed by atoms with Crippen LogP contribution in [0.5, 0.6) is 0 Å². The SMILES string of the molecule is C.O.O.[Al].[O]=[Al].[Rh]. The van der Waals surface area contributed by atoms with E-state index in [1.165, 1.54) is 16.2 Å². The van der Waals surface area contributed by atoms with Crippen molar-refractivity contribution in [3.05, 3.63) is 0 Å². The fraction of sp³-hybridized carbons (Fsp3) is 1.00. The van der Waals surface area contributed by atoms with Crippen LogP contribution in [0.15, 0.2) is 0 Å². The van der Waals surface area contributed by atoms with Crippen molar-refractivity contribution in [2.24, 2.45) is 0 Å². The third-order valence-corrected chi connectivity index (χ3v) is 0. The van der Waals surface area contributed by atoms with Crippen molar-refractivity contribution in [2.75, 3.05) is 0 Å². The van der Waals surface area contributed by atoms with E-state index < -0.39 is 0 Å². The van der Waals surface area contributed by atoms with E-state index in [-0.39, 0.29) is 55.2 Å². The standard InChI is InChI=1S/CH4.2Al.2H2O.O.Rh/h1H4;;;2*1H2;;. The van der Waals surface area contributed by atoms with E-state index in [9.17, 15) is 0 Å². The summed E-state index contributed by atoms with van der Waals surface area (Å²) in [5.41, 5.74) is 0. The average molecular weight is 225 g/mol. The molecule has 0 aromatic rings. The van der Waals surface area contributed by atoms with Crippen LogP contribution >= 0.6 is 0 Å². The van der Waals surface area contributed by atoms with Crippen LogP contribution in [0.2, 0.25) is 0 Å². The van der Waals surface area contributed by atoms with Gasteiger partial charge in [-0.25, -0.2) is 0 Å². The molecule has 4 N–H and O–H groups in total. The zero-order chi connectivity index (χ0) is 2.00. The Kier molecular flexibility index (Phi) is 1740. The predicted octanol–water partition coefficient (Wildman–Crippen LogP) is -1.90. The van der Waals surface area contributed by atoms with Gasteiger partial charge in [-0.05, 0) is 0 Å². The molecule has 0 aromatic carbocycles. The first-order valence-electron chi connectivity index (χ1n) is 0.236. The van der Waals surface area contributed by atoms with Gasteiger partial charge < -0.3 is 11.0 Å². The van der Waals surface area contributed by atoms with E-state index >= 15 is 0 Å². The van der Waals surface area contributed by atoms with Crippen molar-refractivity contribution < 1.29 is 34.2 Å². The zero-order valence-electron chi connectivity index (χ0n) is 2.90. The molecule has 0 spiro atoms. The van der Waals surface area contributed by atoms with E-state index in [2.05, 4.69) is 0 Å². The molecule has 0 amide bonds. The van der Waals surface area contributed by atoms with Crippen LogP contribution in [0.25, 0.3) is 0 Å². The smallest absolute Gasteiger partial charge is 0 e. The van der Waals surface area contributed by atoms with Crippen LogP contribution in [0, 0.1) is 0 Å². The van der Waals surface area contributed by atoms with Gasteiger partial charge in [0.05, 0.1) is 0 Å². The molecule has 6 heteroatoms. The summed E-state index contributed by atoms with van der Waals surface area (Å²) in [6, 6.07) is 0. The summed E-state index contributed by atoms with van der Waals surface area (Å²) in [5.74, 6) is 0. The molecular formula is CH8Al2O3Rh. The van der Waals surface area contributed by atoms with Gasteiger partial charge in [0.15, 0.2) is 0 Å². The minimum absolute atomic E-state index is 0. The Bertz CT molecular complexity index is 12.9. The molecule has 45 valence electrons. The van der Waals surface area contributed by atoms with Crippen LogP contribution in [0.3, 0.4) is 0 Å². The monoisotopic (exact) mass is 225 g/mol. The maximum Gasteiger partial charge on any atom is 0 e. The first kappa shape index (κ1) is 79.6. The Balaban J connectivity index is -0.000000000500. The minimum Gasteiger partial charge on any atom is 0 e. The molecular weight excluding hydrogens is 217 g/mol. The minimum atomic E-state index is 0. The van der Waals surface area contributed by atoms with E-state index in [4.69, 9.17) is 3.80 Å². The molecule has 0 saturated carbocycles. The molecule has 5 radical (unpaired) electrons. The number of hydrogen-bond acceptors (Lipinski definition) is 1. The Labute approximate surface area is 75.0 Å². The first-order valence-corrected chi connectivity index (χ1v) is 0.707. The molecule has 0 aliphatic carbocycles. The van der Waals surface area contributed by atoms with E-state index in [0.717, 1.165) is 0 Å². The summed E-state index contributed by atoms with van der Waals surface area (Å²) in [7, 11) is 0. The maximum absolute atomic E-state index is 8.17. The summed E-state index contributed by atoms with van der Waals surface area (Å²) in [5, 5.41) is 0. The quantitative estimate of drug-likeness (QED) is 0.443. The van der Waals surface area contributed by atoms with Gasteiger partial charge in [0.25, 0.3) is 0 Å². The Morgan fingerprint density at radius 1 is 1.00 bits per heavy atom. The molecule has 3 nitrogen and oxygen atoms in total. The second-order valence-electron chi connectivity index (χ2n) is 0. The van der Waals surface area contributed by atoms with Crippen molar-refractivity contribution in [3.63, 3.8) is 0 Å². The summed E-state index contributed by atoms with van der Waals surface area (Å²) < 4.78 is 8.17. The molecule has 0 aliphatic rings. The Morgan fingerprint density at radius 3 is 1.00 bits per heavy atom. The van der Waals surface area contributed by atoms with Crippen LogP contribution in [0.4, 0.5) is 0 Å². The van der Waals surface area contributed by atoms with Crippen LogP contribution < -0.4 is 0 Å². The second-order valence-corrected chi connectivity index (χ2v) is 0. The summed E-state index contributed by atoms with van der Waals surface area (Å²) >= 11 is 1.17. The molecule has 0 fully saturated rings. The van der Waals surface area contributed by atoms with E-state index in [0.29, 0.717) is 0 Å². The van der Waals surface area contributed by atoms with Gasteiger partial charge in [-0.2, -0.15) is 0 Å². The van der Waals surface area contributed by atoms with Crippen LogP contribution in [-0.4, -0.2) is 44.5 Å². The molecule has 7 heavy (non-hydrogen) atoms. The van der Waals surface area contributed by atoms with Gasteiger partial charge in [-0.15, -0.1) is 0 Å². The second kappa shape index (κ2) is 153. The van der Waals surface area contributed by atoms with Gasteiger partial charge in [-0.3, -0.25) is 0 Å². The van der Waals surface area contributed by atoms with Crippen molar-refractivity contribution in [1.29, 1.82) is 0 Å². The van der Waals surface area contributed by atoms with Gasteiger partial charge in [0.1, 0.15) is 0 Å². The molecule has 0 atom stereocenters. The third-order valence-electron chi connectivity index (χ3n) is 0. The molecule has 0 bridgehead atoms. The molecule has 0 saturated heterocycles. The van der Waals surface area contributed by atoms with Crippen LogP contribution in [-0.2, 0) is 23.3 Å². The topological polar surface area (TPSA) is 80.1 Å². The van der Waals surface area contributed by atoms with Gasteiger partial charge in [0, 0.05) is 36.8 Å². The average Bonchev–Trinajstić information content (AvgIpc) is 1.00. The van der Waals surface area contributed by atoms with Crippen molar-refractivity contribution in [2.45, 2.75) is 7.43 Å². The Hall–Kier alpha value is 1.41. The maximum atomic E-state index is 8.17. The third kappa shape index (κ3) is 109. The molecule has 0 aliphatic heterocycles. The molecule has 0 unspecified atom stereocenters. The van der Waals surface area contributed by atoms with Crippen molar-refractivity contribution in [1.82, 2.24) is 0 Å². The fourth-order valence-corrected chi connectivity index (χ4v) is 0. The fourth-order valence-electron chi connectivity index (χ4n) is 0. The number of hydrogen-bond donors (Lipinski definition) is 0. The van der Waals surface area contributed by atoms with E-state index in [1.807, 2.05) is 0 Å². The van der Waals surface area contributed by atoms with Crippen molar-refractivity contribution >= 4 is 33.6 Å². The normalized spacial score (nSPS) is 0.429. The zero-order valence-corrected chi connectivity index (χ0v) is 6.84. The van der Waals surface area contributed by atoms with Gasteiger partial charge >= 0.3 is 20.0 Å². The number of rotatable bonds is 0. The summed E-state index contributed by atoms with van der Waals surface area (Å²) in [6.07, 6.45) is 0. The van der Waals surface area contributed by atoms with Crippen molar-refractivity contribution in [3.8, 4) is 0 Å². The first-order chi connectivity index (χ1) is 1.00. The predicted molar refractivity (Wildman–Crippen MR) is 26.2 cm³/mol. The van der Waals surface area contributed by atoms with Gasteiger partial charge in [0.2, 0.25) is 0 Å².